The van der Waals surface area contributed by atoms with E-state index in [1.807, 2.05) is 12.1 Å². The average Bonchev–Trinajstić information content (AvgIpc) is 3.18. The lowest BCUT2D eigenvalue weighted by Crippen LogP contribution is -2.41. The van der Waals surface area contributed by atoms with Crippen molar-refractivity contribution < 1.29 is 19.8 Å². The van der Waals surface area contributed by atoms with Crippen LogP contribution in [0.4, 0.5) is 0 Å². The molecule has 4 nitrogen and oxygen atoms in total. The molecule has 3 rings (SSSR count). The van der Waals surface area contributed by atoms with Gasteiger partial charge in [-0.3, -0.25) is 4.81 Å². The Kier molecular flexibility index (Phi) is 12.5. The lowest BCUT2D eigenvalue weighted by atomic mass is 9.64. The van der Waals surface area contributed by atoms with Crippen molar-refractivity contribution in [2.75, 3.05) is 13.2 Å². The summed E-state index contributed by atoms with van der Waals surface area (Å²) in [5.41, 5.74) is 5.78. The molecule has 0 saturated carbocycles. The summed E-state index contributed by atoms with van der Waals surface area (Å²) in [4.78, 5) is 10.4. The molecule has 1 aliphatic carbocycles. The maximum Gasteiger partial charge on any atom is 0.523 e. The first-order valence-corrected chi connectivity index (χ1v) is 14.5. The number of benzene rings is 2. The molecule has 0 fully saturated rings. The zero-order valence-corrected chi connectivity index (χ0v) is 22.6. The number of unbranched alkanes of at least 4 members (excludes halogenated alkanes) is 10. The summed E-state index contributed by atoms with van der Waals surface area (Å²) in [5.74, 6) is 0. The molecule has 0 spiro atoms. The van der Waals surface area contributed by atoms with Gasteiger partial charge in [0.15, 0.2) is 0 Å². The second kappa shape index (κ2) is 15.6. The van der Waals surface area contributed by atoms with Gasteiger partial charge in [0.1, 0.15) is 6.61 Å². The summed E-state index contributed by atoms with van der Waals surface area (Å²) in [6.45, 7) is 4.42. The van der Waals surface area contributed by atoms with Crippen LogP contribution in [0.1, 0.15) is 115 Å². The van der Waals surface area contributed by atoms with E-state index in [0.717, 1.165) is 18.3 Å². The van der Waals surface area contributed by atoms with Crippen LogP contribution in [-0.2, 0) is 15.1 Å². The van der Waals surface area contributed by atoms with Crippen molar-refractivity contribution in [3.63, 3.8) is 0 Å². The van der Waals surface area contributed by atoms with E-state index in [1.165, 1.54) is 99.3 Å². The van der Waals surface area contributed by atoms with E-state index in [2.05, 4.69) is 44.2 Å². The number of fused-ring (bicyclic) bond motifs is 3. The van der Waals surface area contributed by atoms with E-state index >= 15 is 0 Å². The third-order valence-corrected chi connectivity index (χ3v) is 7.82. The smallest absolute Gasteiger partial charge is 0.422 e. The predicted octanol–water partition coefficient (Wildman–Crippen LogP) is 7.08. The van der Waals surface area contributed by atoms with Crippen LogP contribution >= 0.6 is 0 Å². The Labute approximate surface area is 219 Å². The minimum absolute atomic E-state index is 0.0347. The lowest BCUT2D eigenvalue weighted by molar-refractivity contribution is -0.225. The fourth-order valence-corrected chi connectivity index (χ4v) is 6.06. The van der Waals surface area contributed by atoms with E-state index in [9.17, 15) is 5.02 Å². The molecule has 0 unspecified atom stereocenters. The van der Waals surface area contributed by atoms with Crippen molar-refractivity contribution >= 4 is 12.6 Å². The Morgan fingerprint density at radius 1 is 0.722 bits per heavy atom. The first kappa shape index (κ1) is 28.9. The quantitative estimate of drug-likeness (QED) is 0.0948. The molecule has 0 amide bonds. The van der Waals surface area contributed by atoms with E-state index < -0.39 is 7.12 Å². The van der Waals surface area contributed by atoms with Crippen LogP contribution in [0.3, 0.4) is 0 Å². The molecule has 0 heterocycles. The molecule has 5 heteroatoms. The van der Waals surface area contributed by atoms with Gasteiger partial charge in [0.2, 0.25) is 0 Å². The van der Waals surface area contributed by atoms with E-state index in [4.69, 9.17) is 14.8 Å². The number of aliphatic hydroxyl groups excluding tert-OH is 1. The molecule has 0 aromatic heterocycles. The van der Waals surface area contributed by atoms with Crippen molar-refractivity contribution in [1.29, 1.82) is 0 Å². The molecule has 36 heavy (non-hydrogen) atoms. The topological polar surface area (TPSA) is 58.9 Å². The minimum Gasteiger partial charge on any atom is -0.422 e. The monoisotopic (exact) mass is 494 g/mol. The summed E-state index contributed by atoms with van der Waals surface area (Å²) >= 11 is 0. The van der Waals surface area contributed by atoms with Crippen LogP contribution in [0.15, 0.2) is 42.5 Å². The van der Waals surface area contributed by atoms with Crippen molar-refractivity contribution in [1.82, 2.24) is 0 Å². The van der Waals surface area contributed by atoms with Crippen molar-refractivity contribution in [2.24, 2.45) is 0 Å². The maximum absolute atomic E-state index is 11.0. The minimum atomic E-state index is -1.19. The SMILES string of the molecule is CCCCCCCCC1(CCCCCCCC)c2ccccc2-c2cccc(B(O)OOCCO)c21. The highest BCUT2D eigenvalue weighted by molar-refractivity contribution is 6.60. The van der Waals surface area contributed by atoms with Gasteiger partial charge in [0.05, 0.1) is 6.61 Å². The van der Waals surface area contributed by atoms with E-state index in [0.29, 0.717) is 0 Å². The van der Waals surface area contributed by atoms with Gasteiger partial charge >= 0.3 is 7.12 Å². The highest BCUT2D eigenvalue weighted by Crippen LogP contribution is 2.53. The van der Waals surface area contributed by atoms with Gasteiger partial charge in [-0.05, 0) is 40.6 Å². The number of hydrogen-bond acceptors (Lipinski definition) is 4. The standard InChI is InChI=1S/C31H47BO4/c1-3-5-7-9-11-15-22-31(23-16-12-10-8-6-4-2)28-20-14-13-18-26(28)27-19-17-21-29(30(27)31)32(34)36-35-25-24-33/h13-14,17-21,33-34H,3-12,15-16,22-25H2,1-2H3. The van der Waals surface area contributed by atoms with Gasteiger partial charge in [0.25, 0.3) is 0 Å². The van der Waals surface area contributed by atoms with Crippen LogP contribution in [0.2, 0.25) is 0 Å². The fraction of sp³-hybridized carbons (Fsp3) is 0.613. The zero-order chi connectivity index (χ0) is 25.6. The van der Waals surface area contributed by atoms with Crippen LogP contribution in [0.5, 0.6) is 0 Å². The molecule has 1 aliphatic rings. The predicted molar refractivity (Wildman–Crippen MR) is 150 cm³/mol. The summed E-state index contributed by atoms with van der Waals surface area (Å²) in [6, 6.07) is 15.0. The third kappa shape index (κ3) is 7.22. The largest absolute Gasteiger partial charge is 0.523 e. The van der Waals surface area contributed by atoms with Crippen molar-refractivity contribution in [2.45, 2.75) is 109 Å². The second-order valence-corrected chi connectivity index (χ2v) is 10.4. The Bertz CT molecular complexity index is 884. The van der Waals surface area contributed by atoms with Crippen molar-refractivity contribution in [3.05, 3.63) is 53.6 Å². The number of rotatable bonds is 19. The molecule has 2 aromatic rings. The second-order valence-electron chi connectivity index (χ2n) is 10.4. The van der Waals surface area contributed by atoms with Gasteiger partial charge in [-0.15, -0.1) is 0 Å². The molecule has 2 N–H and O–H groups in total. The number of hydrogen-bond donors (Lipinski definition) is 2. The Balaban J connectivity index is 1.92. The Morgan fingerprint density at radius 2 is 1.31 bits per heavy atom. The first-order chi connectivity index (χ1) is 17.7. The van der Waals surface area contributed by atoms with Gasteiger partial charge in [0, 0.05) is 5.41 Å². The fourth-order valence-electron chi connectivity index (χ4n) is 6.06. The average molecular weight is 495 g/mol. The first-order valence-electron chi connectivity index (χ1n) is 14.5. The van der Waals surface area contributed by atoms with E-state index in [-0.39, 0.29) is 18.6 Å². The van der Waals surface area contributed by atoms with Gasteiger partial charge < -0.3 is 10.1 Å². The van der Waals surface area contributed by atoms with Crippen molar-refractivity contribution in [3.8, 4) is 11.1 Å². The molecule has 0 saturated heterocycles. The highest BCUT2D eigenvalue weighted by Gasteiger charge is 2.45. The van der Waals surface area contributed by atoms with Crippen LogP contribution < -0.4 is 5.46 Å². The normalized spacial score (nSPS) is 13.6. The summed E-state index contributed by atoms with van der Waals surface area (Å²) in [7, 11) is -1.19. The van der Waals surface area contributed by atoms with Gasteiger partial charge in [-0.2, -0.15) is 0 Å². The molecular formula is C31H47BO4. The molecule has 0 aliphatic heterocycles. The summed E-state index contributed by atoms with van der Waals surface area (Å²) in [5, 5.41) is 20.1. The van der Waals surface area contributed by atoms with Gasteiger partial charge in [-0.25, -0.2) is 4.89 Å². The molecule has 0 radical (unpaired) electrons. The molecule has 0 atom stereocenters. The van der Waals surface area contributed by atoms with Crippen LogP contribution in [-0.4, -0.2) is 30.5 Å². The maximum atomic E-state index is 11.0. The molecule has 0 bridgehead atoms. The number of aliphatic hydroxyl groups is 1. The Morgan fingerprint density at radius 3 is 1.94 bits per heavy atom. The van der Waals surface area contributed by atoms with Crippen LogP contribution in [0, 0.1) is 0 Å². The lowest BCUT2D eigenvalue weighted by Gasteiger charge is -2.34. The Hall–Kier alpha value is -1.66. The van der Waals surface area contributed by atoms with E-state index in [1.54, 1.807) is 0 Å². The van der Waals surface area contributed by atoms with Crippen LogP contribution in [0.25, 0.3) is 11.1 Å². The highest BCUT2D eigenvalue weighted by atomic mass is 17.2. The third-order valence-electron chi connectivity index (χ3n) is 7.82. The zero-order valence-electron chi connectivity index (χ0n) is 22.6. The molecule has 198 valence electrons. The summed E-state index contributed by atoms with van der Waals surface area (Å²) < 4.78 is 0. The van der Waals surface area contributed by atoms with Gasteiger partial charge in [-0.1, -0.05) is 133 Å². The molecule has 2 aromatic carbocycles. The molecular weight excluding hydrogens is 447 g/mol. The summed E-state index contributed by atoms with van der Waals surface area (Å²) in [6.07, 6.45) is 17.4.